The normalized spacial score (nSPS) is 15.3. The number of carbonyl (C=O) groups is 1. The predicted octanol–water partition coefficient (Wildman–Crippen LogP) is 2.79. The molecule has 3 rings (SSSR count). The number of anilines is 2. The van der Waals surface area contributed by atoms with E-state index in [-0.39, 0.29) is 5.91 Å². The summed E-state index contributed by atoms with van der Waals surface area (Å²) in [5.74, 6) is 0.422. The van der Waals surface area contributed by atoms with Crippen LogP contribution in [0.5, 0.6) is 5.75 Å². The number of ether oxygens (including phenoxy) is 1. The second kappa shape index (κ2) is 8.50. The number of hydrogen-bond donors (Lipinski definition) is 1. The quantitative estimate of drug-likeness (QED) is 0.731. The highest BCUT2D eigenvalue weighted by molar-refractivity contribution is 9.10. The van der Waals surface area contributed by atoms with E-state index in [9.17, 15) is 13.2 Å². The number of para-hydroxylation sites is 2. The lowest BCUT2D eigenvalue weighted by molar-refractivity contribution is 0.102. The molecule has 150 valence electrons. The molecule has 28 heavy (non-hydrogen) atoms. The third-order valence-electron chi connectivity index (χ3n) is 4.61. The SMILES string of the molecule is COc1ccc(C(=O)Nc2ccccc2N2CCN(S(C)(=O)=O)CC2)cc1Br. The molecule has 0 saturated carbocycles. The van der Waals surface area contributed by atoms with E-state index in [0.717, 1.165) is 5.69 Å². The topological polar surface area (TPSA) is 79.0 Å². The first-order chi connectivity index (χ1) is 13.3. The van der Waals surface area contributed by atoms with Crippen LogP contribution in [-0.4, -0.2) is 58.2 Å². The van der Waals surface area contributed by atoms with E-state index >= 15 is 0 Å². The molecule has 1 N–H and O–H groups in total. The first-order valence-electron chi connectivity index (χ1n) is 8.73. The van der Waals surface area contributed by atoms with Crippen molar-refractivity contribution in [3.8, 4) is 5.75 Å². The predicted molar refractivity (Wildman–Crippen MR) is 114 cm³/mol. The maximum atomic E-state index is 12.7. The zero-order valence-electron chi connectivity index (χ0n) is 15.7. The molecule has 1 heterocycles. The molecule has 1 fully saturated rings. The van der Waals surface area contributed by atoms with E-state index in [4.69, 9.17) is 4.74 Å². The molecule has 0 spiro atoms. The van der Waals surface area contributed by atoms with Crippen molar-refractivity contribution >= 4 is 43.2 Å². The van der Waals surface area contributed by atoms with Gasteiger partial charge in [-0.25, -0.2) is 8.42 Å². The fraction of sp³-hybridized carbons (Fsp3) is 0.316. The standard InChI is InChI=1S/C19H22BrN3O4S/c1-27-18-8-7-14(13-15(18)20)19(24)21-16-5-3-4-6-17(16)22-9-11-23(12-10-22)28(2,25)26/h3-8,13H,9-12H2,1-2H3,(H,21,24). The number of nitrogens with one attached hydrogen (secondary N) is 1. The Kier molecular flexibility index (Phi) is 6.26. The van der Waals surface area contributed by atoms with Crippen molar-refractivity contribution in [3.63, 3.8) is 0 Å². The highest BCUT2D eigenvalue weighted by Gasteiger charge is 2.25. The summed E-state index contributed by atoms with van der Waals surface area (Å²) in [5.41, 5.74) is 2.06. The molecule has 0 unspecified atom stereocenters. The van der Waals surface area contributed by atoms with Crippen LogP contribution in [0.1, 0.15) is 10.4 Å². The molecule has 0 atom stereocenters. The highest BCUT2D eigenvalue weighted by Crippen LogP contribution is 2.29. The maximum absolute atomic E-state index is 12.7. The van der Waals surface area contributed by atoms with Gasteiger partial charge in [-0.05, 0) is 46.3 Å². The minimum Gasteiger partial charge on any atom is -0.496 e. The van der Waals surface area contributed by atoms with Gasteiger partial charge in [0, 0.05) is 31.7 Å². The summed E-state index contributed by atoms with van der Waals surface area (Å²) in [6.45, 7) is 1.97. The van der Waals surface area contributed by atoms with Gasteiger partial charge < -0.3 is 15.0 Å². The monoisotopic (exact) mass is 467 g/mol. The van der Waals surface area contributed by atoms with Crippen molar-refractivity contribution in [2.75, 3.05) is 49.8 Å². The van der Waals surface area contributed by atoms with Crippen molar-refractivity contribution in [1.29, 1.82) is 0 Å². The third-order valence-corrected chi connectivity index (χ3v) is 6.54. The molecular weight excluding hydrogens is 446 g/mol. The lowest BCUT2D eigenvalue weighted by Gasteiger charge is -2.35. The highest BCUT2D eigenvalue weighted by atomic mass is 79.9. The average Bonchev–Trinajstić information content (AvgIpc) is 2.67. The molecule has 1 saturated heterocycles. The van der Waals surface area contributed by atoms with Crippen LogP contribution in [-0.2, 0) is 10.0 Å². The summed E-state index contributed by atoms with van der Waals surface area (Å²) >= 11 is 3.39. The van der Waals surface area contributed by atoms with E-state index in [1.165, 1.54) is 10.6 Å². The van der Waals surface area contributed by atoms with Gasteiger partial charge in [0.05, 0.1) is 29.2 Å². The van der Waals surface area contributed by atoms with Crippen molar-refractivity contribution in [3.05, 3.63) is 52.5 Å². The molecule has 7 nitrogen and oxygen atoms in total. The van der Waals surface area contributed by atoms with Gasteiger partial charge in [0.1, 0.15) is 5.75 Å². The third kappa shape index (κ3) is 4.65. The second-order valence-electron chi connectivity index (χ2n) is 6.47. The second-order valence-corrected chi connectivity index (χ2v) is 9.31. The van der Waals surface area contributed by atoms with Gasteiger partial charge in [-0.3, -0.25) is 4.79 Å². The lowest BCUT2D eigenvalue weighted by atomic mass is 10.1. The lowest BCUT2D eigenvalue weighted by Crippen LogP contribution is -2.48. The van der Waals surface area contributed by atoms with E-state index in [2.05, 4.69) is 26.1 Å². The summed E-state index contributed by atoms with van der Waals surface area (Å²) in [7, 11) is -1.62. The van der Waals surface area contributed by atoms with Crippen LogP contribution in [0, 0.1) is 0 Å². The molecule has 2 aromatic rings. The molecule has 1 aliphatic rings. The number of amides is 1. The Balaban J connectivity index is 1.76. The number of halogens is 1. The van der Waals surface area contributed by atoms with Crippen molar-refractivity contribution in [2.45, 2.75) is 0 Å². The zero-order valence-corrected chi connectivity index (χ0v) is 18.1. The molecule has 0 bridgehead atoms. The molecule has 2 aromatic carbocycles. The Morgan fingerprint density at radius 1 is 1.11 bits per heavy atom. The molecule has 1 aliphatic heterocycles. The minimum atomic E-state index is -3.18. The first kappa shape index (κ1) is 20.6. The Hall–Kier alpha value is -2.10. The molecular formula is C19H22BrN3O4S. The minimum absolute atomic E-state index is 0.231. The summed E-state index contributed by atoms with van der Waals surface area (Å²) in [4.78, 5) is 14.8. The van der Waals surface area contributed by atoms with Gasteiger partial charge in [-0.2, -0.15) is 4.31 Å². The van der Waals surface area contributed by atoms with Gasteiger partial charge in [0.15, 0.2) is 0 Å². The number of rotatable bonds is 5. The van der Waals surface area contributed by atoms with E-state index in [0.29, 0.717) is 47.7 Å². The largest absolute Gasteiger partial charge is 0.496 e. The van der Waals surface area contributed by atoms with Crippen LogP contribution in [0.15, 0.2) is 46.9 Å². The number of sulfonamides is 1. The molecule has 9 heteroatoms. The van der Waals surface area contributed by atoms with Crippen LogP contribution >= 0.6 is 15.9 Å². The Bertz CT molecular complexity index is 973. The van der Waals surface area contributed by atoms with Gasteiger partial charge in [0.2, 0.25) is 10.0 Å². The van der Waals surface area contributed by atoms with Crippen molar-refractivity contribution in [1.82, 2.24) is 4.31 Å². The zero-order chi connectivity index (χ0) is 20.3. The van der Waals surface area contributed by atoms with Gasteiger partial charge >= 0.3 is 0 Å². The maximum Gasteiger partial charge on any atom is 0.255 e. The van der Waals surface area contributed by atoms with Crippen LogP contribution < -0.4 is 15.0 Å². The summed E-state index contributed by atoms with van der Waals surface area (Å²) < 4.78 is 30.8. The average molecular weight is 468 g/mol. The first-order valence-corrected chi connectivity index (χ1v) is 11.4. The number of carbonyl (C=O) groups excluding carboxylic acids is 1. The van der Waals surface area contributed by atoms with Gasteiger partial charge in [0.25, 0.3) is 5.91 Å². The van der Waals surface area contributed by atoms with Crippen LogP contribution in [0.25, 0.3) is 0 Å². The smallest absolute Gasteiger partial charge is 0.255 e. The fourth-order valence-electron chi connectivity index (χ4n) is 3.12. The number of methoxy groups -OCH3 is 1. The summed E-state index contributed by atoms with van der Waals surface area (Å²) in [5, 5.41) is 2.96. The van der Waals surface area contributed by atoms with Crippen LogP contribution in [0.4, 0.5) is 11.4 Å². The van der Waals surface area contributed by atoms with E-state index in [1.54, 1.807) is 25.3 Å². The molecule has 1 amide bonds. The molecule has 0 aliphatic carbocycles. The van der Waals surface area contributed by atoms with E-state index in [1.807, 2.05) is 24.3 Å². The van der Waals surface area contributed by atoms with E-state index < -0.39 is 10.0 Å². The Labute approximate surface area is 173 Å². The van der Waals surface area contributed by atoms with Crippen molar-refractivity contribution in [2.24, 2.45) is 0 Å². The van der Waals surface area contributed by atoms with Crippen LogP contribution in [0.3, 0.4) is 0 Å². The van der Waals surface area contributed by atoms with Crippen LogP contribution in [0.2, 0.25) is 0 Å². The summed E-state index contributed by atoms with van der Waals surface area (Å²) in [6.07, 6.45) is 1.23. The Morgan fingerprint density at radius 3 is 2.39 bits per heavy atom. The molecule has 0 radical (unpaired) electrons. The Morgan fingerprint density at radius 2 is 1.79 bits per heavy atom. The number of nitrogens with zero attached hydrogens (tertiary/aromatic N) is 2. The fourth-order valence-corrected chi connectivity index (χ4v) is 4.49. The number of benzene rings is 2. The number of hydrogen-bond acceptors (Lipinski definition) is 5. The number of piperazine rings is 1. The summed E-state index contributed by atoms with van der Waals surface area (Å²) in [6, 6.07) is 12.7. The van der Waals surface area contributed by atoms with Gasteiger partial charge in [-0.1, -0.05) is 12.1 Å². The molecule has 0 aromatic heterocycles. The van der Waals surface area contributed by atoms with Gasteiger partial charge in [-0.15, -0.1) is 0 Å². The van der Waals surface area contributed by atoms with Crippen molar-refractivity contribution < 1.29 is 17.9 Å².